The zero-order chi connectivity index (χ0) is 14.6. The van der Waals surface area contributed by atoms with Gasteiger partial charge in [-0.25, -0.2) is 0 Å². The van der Waals surface area contributed by atoms with Crippen LogP contribution in [0.2, 0.25) is 0 Å². The highest BCUT2D eigenvalue weighted by Crippen LogP contribution is 2.16. The Balaban J connectivity index is 1.78. The first-order chi connectivity index (χ1) is 9.47. The minimum Gasteiger partial charge on any atom is -0.484 e. The van der Waals surface area contributed by atoms with Gasteiger partial charge in [0.1, 0.15) is 5.75 Å². The van der Waals surface area contributed by atoms with Crippen molar-refractivity contribution in [2.75, 3.05) is 32.8 Å². The van der Waals surface area contributed by atoms with Crippen molar-refractivity contribution in [2.45, 2.75) is 26.3 Å². The van der Waals surface area contributed by atoms with E-state index in [0.29, 0.717) is 5.75 Å². The molecular weight excluding hydrogens is 252 g/mol. The minimum absolute atomic E-state index is 0.0615. The van der Waals surface area contributed by atoms with Gasteiger partial charge in [0.05, 0.1) is 0 Å². The first-order valence-electron chi connectivity index (χ1n) is 7.08. The Labute approximate surface area is 121 Å². The van der Waals surface area contributed by atoms with Gasteiger partial charge in [-0.2, -0.15) is 0 Å². The van der Waals surface area contributed by atoms with Gasteiger partial charge >= 0.3 is 0 Å². The average Bonchev–Trinajstić information content (AvgIpc) is 2.45. The van der Waals surface area contributed by atoms with Crippen molar-refractivity contribution >= 4 is 5.91 Å². The molecule has 109 valence electrons. The maximum Gasteiger partial charge on any atom is 0.260 e. The van der Waals surface area contributed by atoms with Gasteiger partial charge in [-0.1, -0.05) is 12.1 Å². The monoisotopic (exact) mass is 275 g/mol. The summed E-state index contributed by atoms with van der Waals surface area (Å²) in [6.07, 6.45) is 0. The Morgan fingerprint density at radius 2 is 1.80 bits per heavy atom. The van der Waals surface area contributed by atoms with Crippen LogP contribution in [0, 0.1) is 6.07 Å². The summed E-state index contributed by atoms with van der Waals surface area (Å²) < 4.78 is 5.49. The molecule has 1 aromatic rings. The predicted molar refractivity (Wildman–Crippen MR) is 78.7 cm³/mol. The van der Waals surface area contributed by atoms with Crippen LogP contribution in [-0.2, 0) is 4.79 Å². The normalized spacial score (nSPS) is 17.1. The molecular formula is C16H23N2O2. The first kappa shape index (κ1) is 14.9. The van der Waals surface area contributed by atoms with Crippen LogP contribution in [0.3, 0.4) is 0 Å². The van der Waals surface area contributed by atoms with Crippen LogP contribution in [0.1, 0.15) is 20.8 Å². The predicted octanol–water partition coefficient (Wildman–Crippen LogP) is 1.81. The lowest BCUT2D eigenvalue weighted by atomic mass is 10.1. The number of benzene rings is 1. The smallest absolute Gasteiger partial charge is 0.260 e. The van der Waals surface area contributed by atoms with Crippen molar-refractivity contribution in [3.63, 3.8) is 0 Å². The van der Waals surface area contributed by atoms with E-state index in [2.05, 4.69) is 31.7 Å². The SMILES string of the molecule is CC(C)(C)N1CCN(C(=O)COc2cc[c]cc2)CC1. The van der Waals surface area contributed by atoms with Crippen LogP contribution in [0.15, 0.2) is 24.3 Å². The maximum atomic E-state index is 12.1. The highest BCUT2D eigenvalue weighted by atomic mass is 16.5. The van der Waals surface area contributed by atoms with E-state index in [-0.39, 0.29) is 18.1 Å². The Hall–Kier alpha value is -1.55. The molecule has 1 aliphatic rings. The quantitative estimate of drug-likeness (QED) is 0.843. The number of rotatable bonds is 3. The lowest BCUT2D eigenvalue weighted by Gasteiger charge is -2.42. The summed E-state index contributed by atoms with van der Waals surface area (Å²) in [5.41, 5.74) is 0.173. The third-order valence-electron chi connectivity index (χ3n) is 3.63. The summed E-state index contributed by atoms with van der Waals surface area (Å²) in [5.74, 6) is 0.775. The van der Waals surface area contributed by atoms with E-state index in [1.54, 1.807) is 12.1 Å². The topological polar surface area (TPSA) is 32.8 Å². The lowest BCUT2D eigenvalue weighted by Crippen LogP contribution is -2.55. The van der Waals surface area contributed by atoms with Gasteiger partial charge < -0.3 is 9.64 Å². The standard InChI is InChI=1S/C16H23N2O2/c1-16(2,3)18-11-9-17(10-12-18)15(19)13-20-14-7-5-4-6-8-14/h5-8H,9-13H2,1-3H3. The molecule has 0 atom stereocenters. The number of ether oxygens (including phenoxy) is 1. The van der Waals surface area contributed by atoms with Crippen LogP contribution in [-0.4, -0.2) is 54.0 Å². The van der Waals surface area contributed by atoms with Gasteiger partial charge in [0.15, 0.2) is 6.61 Å². The maximum absolute atomic E-state index is 12.1. The van der Waals surface area contributed by atoms with Crippen molar-refractivity contribution in [3.8, 4) is 5.75 Å². The Morgan fingerprint density at radius 3 is 2.35 bits per heavy atom. The number of carbonyl (C=O) groups is 1. The van der Waals surface area contributed by atoms with Crippen LogP contribution in [0.4, 0.5) is 0 Å². The summed E-state index contributed by atoms with van der Waals surface area (Å²) in [6, 6.07) is 10.1. The van der Waals surface area contributed by atoms with Crippen LogP contribution >= 0.6 is 0 Å². The molecule has 0 spiro atoms. The molecule has 2 rings (SSSR count). The molecule has 20 heavy (non-hydrogen) atoms. The molecule has 0 aromatic heterocycles. The molecule has 4 nitrogen and oxygen atoms in total. The van der Waals surface area contributed by atoms with Gasteiger partial charge in [-0.15, -0.1) is 0 Å². The van der Waals surface area contributed by atoms with Crippen LogP contribution < -0.4 is 4.74 Å². The molecule has 0 aliphatic carbocycles. The molecule has 1 heterocycles. The Kier molecular flexibility index (Phi) is 4.65. The van der Waals surface area contributed by atoms with Gasteiger partial charge in [0.2, 0.25) is 0 Å². The fourth-order valence-corrected chi connectivity index (χ4v) is 2.33. The van der Waals surface area contributed by atoms with Gasteiger partial charge in [-0.3, -0.25) is 9.69 Å². The van der Waals surface area contributed by atoms with Gasteiger partial charge in [0.25, 0.3) is 5.91 Å². The number of hydrogen-bond acceptors (Lipinski definition) is 3. The Bertz CT molecular complexity index is 432. The average molecular weight is 275 g/mol. The van der Waals surface area contributed by atoms with E-state index < -0.39 is 0 Å². The van der Waals surface area contributed by atoms with E-state index in [9.17, 15) is 4.79 Å². The summed E-state index contributed by atoms with van der Waals surface area (Å²) in [4.78, 5) is 16.4. The molecule has 1 fully saturated rings. The fraction of sp³-hybridized carbons (Fsp3) is 0.562. The second-order valence-electron chi connectivity index (χ2n) is 6.06. The van der Waals surface area contributed by atoms with Crippen molar-refractivity contribution in [3.05, 3.63) is 30.3 Å². The molecule has 1 aromatic carbocycles. The van der Waals surface area contributed by atoms with Gasteiger partial charge in [-0.05, 0) is 39.0 Å². The molecule has 1 radical (unpaired) electrons. The fourth-order valence-electron chi connectivity index (χ4n) is 2.33. The number of nitrogens with zero attached hydrogens (tertiary/aromatic N) is 2. The second-order valence-corrected chi connectivity index (χ2v) is 6.06. The molecule has 1 amide bonds. The molecule has 0 unspecified atom stereocenters. The van der Waals surface area contributed by atoms with Crippen LogP contribution in [0.25, 0.3) is 0 Å². The molecule has 0 saturated carbocycles. The third-order valence-corrected chi connectivity index (χ3v) is 3.63. The summed E-state index contributed by atoms with van der Waals surface area (Å²) >= 11 is 0. The second kappa shape index (κ2) is 6.27. The van der Waals surface area contributed by atoms with Crippen molar-refractivity contribution in [1.29, 1.82) is 0 Å². The third kappa shape index (κ3) is 3.97. The molecule has 1 aliphatic heterocycles. The van der Waals surface area contributed by atoms with Crippen molar-refractivity contribution < 1.29 is 9.53 Å². The summed E-state index contributed by atoms with van der Waals surface area (Å²) in [5, 5.41) is 0. The Morgan fingerprint density at radius 1 is 1.20 bits per heavy atom. The largest absolute Gasteiger partial charge is 0.484 e. The highest BCUT2D eigenvalue weighted by Gasteiger charge is 2.27. The number of hydrogen-bond donors (Lipinski definition) is 0. The van der Waals surface area contributed by atoms with Crippen molar-refractivity contribution in [2.24, 2.45) is 0 Å². The molecule has 4 heteroatoms. The summed E-state index contributed by atoms with van der Waals surface area (Å²) in [7, 11) is 0. The zero-order valence-corrected chi connectivity index (χ0v) is 12.6. The van der Waals surface area contributed by atoms with E-state index in [1.807, 2.05) is 17.0 Å². The van der Waals surface area contributed by atoms with Gasteiger partial charge in [0, 0.05) is 31.7 Å². The van der Waals surface area contributed by atoms with E-state index >= 15 is 0 Å². The molecule has 0 bridgehead atoms. The highest BCUT2D eigenvalue weighted by molar-refractivity contribution is 5.77. The first-order valence-corrected chi connectivity index (χ1v) is 7.08. The summed E-state index contributed by atoms with van der Waals surface area (Å²) in [6.45, 7) is 10.1. The molecule has 1 saturated heterocycles. The number of piperazine rings is 1. The number of amides is 1. The zero-order valence-electron chi connectivity index (χ0n) is 12.6. The minimum atomic E-state index is 0.0615. The lowest BCUT2D eigenvalue weighted by molar-refractivity contribution is -0.135. The van der Waals surface area contributed by atoms with Crippen molar-refractivity contribution in [1.82, 2.24) is 9.80 Å². The van der Waals surface area contributed by atoms with E-state index in [0.717, 1.165) is 26.2 Å². The van der Waals surface area contributed by atoms with E-state index in [4.69, 9.17) is 4.74 Å². The molecule has 0 N–H and O–H groups in total. The number of carbonyl (C=O) groups excluding carboxylic acids is 1. The van der Waals surface area contributed by atoms with E-state index in [1.165, 1.54) is 0 Å². The van der Waals surface area contributed by atoms with Crippen LogP contribution in [0.5, 0.6) is 5.75 Å².